The van der Waals surface area contributed by atoms with Gasteiger partial charge in [0, 0.05) is 6.07 Å². The van der Waals surface area contributed by atoms with Gasteiger partial charge in [0.2, 0.25) is 5.82 Å². The van der Waals surface area contributed by atoms with Crippen LogP contribution in [-0.4, -0.2) is 20.3 Å². The molecular formula is C12H7FN4O2. The van der Waals surface area contributed by atoms with E-state index >= 15 is 0 Å². The van der Waals surface area contributed by atoms with Gasteiger partial charge in [0.15, 0.2) is 0 Å². The molecule has 0 radical (unpaired) electrons. The zero-order valence-electron chi connectivity index (χ0n) is 9.50. The van der Waals surface area contributed by atoms with Crippen molar-refractivity contribution in [2.24, 2.45) is 0 Å². The number of aromatic nitrogens is 4. The van der Waals surface area contributed by atoms with Crippen molar-refractivity contribution in [2.75, 3.05) is 0 Å². The van der Waals surface area contributed by atoms with E-state index in [0.717, 1.165) is 0 Å². The predicted octanol–water partition coefficient (Wildman–Crippen LogP) is 1.63. The molecule has 3 rings (SSSR count). The number of hydrogen-bond acceptors (Lipinski definition) is 5. The Balaban J connectivity index is 2.02. The summed E-state index contributed by atoms with van der Waals surface area (Å²) in [6.45, 7) is 0. The van der Waals surface area contributed by atoms with Crippen LogP contribution in [0.4, 0.5) is 4.39 Å². The van der Waals surface area contributed by atoms with E-state index < -0.39 is 5.82 Å². The molecule has 6 nitrogen and oxygen atoms in total. The van der Waals surface area contributed by atoms with Gasteiger partial charge in [-0.2, -0.15) is 10.1 Å². The first-order valence-electron chi connectivity index (χ1n) is 5.39. The third-order valence-electron chi connectivity index (χ3n) is 2.44. The zero-order valence-corrected chi connectivity index (χ0v) is 9.50. The lowest BCUT2D eigenvalue weighted by Gasteiger charge is -1.94. The molecule has 0 bridgehead atoms. The molecule has 3 aromatic rings. The number of rotatable bonds is 2. The molecule has 0 saturated carbocycles. The first-order valence-corrected chi connectivity index (χ1v) is 5.39. The topological polar surface area (TPSA) is 84.7 Å². The van der Waals surface area contributed by atoms with Gasteiger partial charge in [-0.25, -0.2) is 9.49 Å². The molecule has 0 atom stereocenters. The van der Waals surface area contributed by atoms with Crippen LogP contribution >= 0.6 is 0 Å². The quantitative estimate of drug-likeness (QED) is 0.755. The molecule has 94 valence electrons. The van der Waals surface area contributed by atoms with Crippen molar-refractivity contribution < 1.29 is 8.91 Å². The molecule has 19 heavy (non-hydrogen) atoms. The molecule has 0 amide bonds. The van der Waals surface area contributed by atoms with Crippen molar-refractivity contribution in [1.82, 2.24) is 20.3 Å². The molecule has 0 fully saturated rings. The van der Waals surface area contributed by atoms with Crippen LogP contribution in [0.1, 0.15) is 0 Å². The number of nitrogens with zero attached hydrogens (tertiary/aromatic N) is 3. The van der Waals surface area contributed by atoms with Crippen molar-refractivity contribution in [2.45, 2.75) is 0 Å². The lowest BCUT2D eigenvalue weighted by atomic mass is 10.2. The molecule has 0 aliphatic heterocycles. The zero-order chi connectivity index (χ0) is 13.2. The van der Waals surface area contributed by atoms with Gasteiger partial charge in [-0.1, -0.05) is 17.3 Å². The Labute approximate surface area is 105 Å². The standard InChI is InChI=1S/C12H7FN4O2/c13-8-4-2-1-3-7(8)11-14-12(19-17-11)9-5-6-10(18)16-15-9/h1-6H,(H,16,18). The van der Waals surface area contributed by atoms with E-state index in [1.54, 1.807) is 18.2 Å². The van der Waals surface area contributed by atoms with Crippen molar-refractivity contribution in [3.05, 3.63) is 52.6 Å². The number of halogens is 1. The SMILES string of the molecule is O=c1ccc(-c2nc(-c3ccccc3F)no2)n[nH]1. The third-order valence-corrected chi connectivity index (χ3v) is 2.44. The first-order chi connectivity index (χ1) is 9.24. The normalized spacial score (nSPS) is 10.6. The Bertz CT molecular complexity index is 761. The molecular weight excluding hydrogens is 251 g/mol. The summed E-state index contributed by atoms with van der Waals surface area (Å²) in [5.41, 5.74) is 0.217. The number of nitrogens with one attached hydrogen (secondary N) is 1. The van der Waals surface area contributed by atoms with Gasteiger partial charge in [0.25, 0.3) is 11.4 Å². The van der Waals surface area contributed by atoms with E-state index in [9.17, 15) is 9.18 Å². The number of benzene rings is 1. The van der Waals surface area contributed by atoms with Gasteiger partial charge in [0.05, 0.1) is 5.56 Å². The summed E-state index contributed by atoms with van der Waals surface area (Å²) in [5.74, 6) is -0.208. The van der Waals surface area contributed by atoms with Crippen molar-refractivity contribution >= 4 is 0 Å². The Hall–Kier alpha value is -2.83. The predicted molar refractivity (Wildman–Crippen MR) is 63.5 cm³/mol. The van der Waals surface area contributed by atoms with Crippen LogP contribution in [0.2, 0.25) is 0 Å². The minimum absolute atomic E-state index is 0.106. The Morgan fingerprint density at radius 2 is 2.00 bits per heavy atom. The second kappa shape index (κ2) is 4.45. The van der Waals surface area contributed by atoms with E-state index in [0.29, 0.717) is 5.69 Å². The second-order valence-corrected chi connectivity index (χ2v) is 3.71. The summed E-state index contributed by atoms with van der Waals surface area (Å²) < 4.78 is 18.5. The summed E-state index contributed by atoms with van der Waals surface area (Å²) >= 11 is 0. The highest BCUT2D eigenvalue weighted by molar-refractivity contribution is 5.58. The maximum atomic E-state index is 13.6. The van der Waals surface area contributed by atoms with E-state index in [1.165, 1.54) is 18.2 Å². The molecule has 0 aliphatic carbocycles. The average Bonchev–Trinajstić information content (AvgIpc) is 2.89. The van der Waals surface area contributed by atoms with Gasteiger partial charge >= 0.3 is 0 Å². The van der Waals surface area contributed by atoms with E-state index in [2.05, 4.69) is 20.3 Å². The monoisotopic (exact) mass is 258 g/mol. The number of H-pyrrole nitrogens is 1. The summed E-state index contributed by atoms with van der Waals surface area (Å²) in [6.07, 6.45) is 0. The van der Waals surface area contributed by atoms with Crippen LogP contribution in [0.3, 0.4) is 0 Å². The molecule has 0 unspecified atom stereocenters. The summed E-state index contributed by atoms with van der Waals surface area (Å²) in [4.78, 5) is 14.9. The lowest BCUT2D eigenvalue weighted by molar-refractivity contribution is 0.430. The first kappa shape index (κ1) is 11.3. The lowest BCUT2D eigenvalue weighted by Crippen LogP contribution is -2.05. The molecule has 1 aromatic carbocycles. The fourth-order valence-electron chi connectivity index (χ4n) is 1.54. The highest BCUT2D eigenvalue weighted by Crippen LogP contribution is 2.22. The highest BCUT2D eigenvalue weighted by atomic mass is 19.1. The van der Waals surface area contributed by atoms with Crippen molar-refractivity contribution in [1.29, 1.82) is 0 Å². The molecule has 2 heterocycles. The van der Waals surface area contributed by atoms with Gasteiger partial charge in [0.1, 0.15) is 11.5 Å². The van der Waals surface area contributed by atoms with Crippen LogP contribution < -0.4 is 5.56 Å². The number of hydrogen-bond donors (Lipinski definition) is 1. The maximum Gasteiger partial charge on any atom is 0.278 e. The van der Waals surface area contributed by atoms with Crippen LogP contribution in [0.5, 0.6) is 0 Å². The molecule has 0 aliphatic rings. The van der Waals surface area contributed by atoms with Crippen LogP contribution in [0, 0.1) is 5.82 Å². The molecule has 1 N–H and O–H groups in total. The average molecular weight is 258 g/mol. The molecule has 7 heteroatoms. The smallest absolute Gasteiger partial charge is 0.278 e. The number of aromatic amines is 1. The minimum Gasteiger partial charge on any atom is -0.332 e. The van der Waals surface area contributed by atoms with Crippen LogP contribution in [0.15, 0.2) is 45.7 Å². The van der Waals surface area contributed by atoms with Gasteiger partial charge < -0.3 is 4.52 Å². The van der Waals surface area contributed by atoms with E-state index in [-0.39, 0.29) is 22.8 Å². The largest absolute Gasteiger partial charge is 0.332 e. The van der Waals surface area contributed by atoms with E-state index in [1.807, 2.05) is 0 Å². The van der Waals surface area contributed by atoms with Crippen LogP contribution in [-0.2, 0) is 0 Å². The van der Waals surface area contributed by atoms with Gasteiger partial charge in [-0.05, 0) is 18.2 Å². The second-order valence-electron chi connectivity index (χ2n) is 3.71. The minimum atomic E-state index is -0.440. The third kappa shape index (κ3) is 2.13. The fourth-order valence-corrected chi connectivity index (χ4v) is 1.54. The maximum absolute atomic E-state index is 13.6. The Kier molecular flexibility index (Phi) is 2.64. The Morgan fingerprint density at radius 1 is 1.16 bits per heavy atom. The fraction of sp³-hybridized carbons (Fsp3) is 0. The molecule has 0 saturated heterocycles. The van der Waals surface area contributed by atoms with E-state index in [4.69, 9.17) is 4.52 Å². The van der Waals surface area contributed by atoms with Gasteiger partial charge in [-0.15, -0.1) is 0 Å². The summed E-state index contributed by atoms with van der Waals surface area (Å²) in [5, 5.41) is 9.69. The molecule has 2 aromatic heterocycles. The highest BCUT2D eigenvalue weighted by Gasteiger charge is 2.14. The van der Waals surface area contributed by atoms with Crippen molar-refractivity contribution in [3.63, 3.8) is 0 Å². The summed E-state index contributed by atoms with van der Waals surface area (Å²) in [7, 11) is 0. The van der Waals surface area contributed by atoms with Crippen LogP contribution in [0.25, 0.3) is 23.0 Å². The molecule has 0 spiro atoms. The summed E-state index contributed by atoms with van der Waals surface area (Å²) in [6, 6.07) is 8.83. The van der Waals surface area contributed by atoms with Crippen molar-refractivity contribution in [3.8, 4) is 23.0 Å². The van der Waals surface area contributed by atoms with Gasteiger partial charge in [-0.3, -0.25) is 4.79 Å². The Morgan fingerprint density at radius 3 is 2.74 bits per heavy atom.